The zero-order chi connectivity index (χ0) is 17.6. The van der Waals surface area contributed by atoms with Crippen LogP contribution in [0.25, 0.3) is 0 Å². The summed E-state index contributed by atoms with van der Waals surface area (Å²) in [7, 11) is 0. The number of nitrogens with two attached hydrogens (primary N) is 1. The molecule has 0 aliphatic rings. The third kappa shape index (κ3) is 6.20. The predicted octanol–water partition coefficient (Wildman–Crippen LogP) is 2.40. The quantitative estimate of drug-likeness (QED) is 0.680. The monoisotopic (exact) mass is 339 g/mol. The van der Waals surface area contributed by atoms with Crippen LogP contribution >= 0.6 is 11.6 Å². The third-order valence-electron chi connectivity index (χ3n) is 3.75. The molecule has 0 aromatic heterocycles. The van der Waals surface area contributed by atoms with Crippen molar-refractivity contribution in [3.8, 4) is 0 Å². The highest BCUT2D eigenvalue weighted by Gasteiger charge is 2.31. The number of carbonyl (C=O) groups is 2. The Balaban J connectivity index is 2.58. The van der Waals surface area contributed by atoms with Gasteiger partial charge in [0.1, 0.15) is 0 Å². The fraction of sp³-hybridized carbons (Fsp3) is 0.529. The van der Waals surface area contributed by atoms with Gasteiger partial charge in [-0.3, -0.25) is 14.9 Å². The Morgan fingerprint density at radius 1 is 1.22 bits per heavy atom. The second-order valence-corrected chi connectivity index (χ2v) is 6.93. The standard InChI is InChI=1S/C17H26ClN3O2/c1-11(2)9-17(4,16(19)23)20-10-15(22)21-12(3)13-5-7-14(18)8-6-13/h5-8,11-12,20H,9-10H2,1-4H3,(H2,19,23)(H,21,22)/t12-,17-/m1/s1. The van der Waals surface area contributed by atoms with Crippen LogP contribution < -0.4 is 16.4 Å². The maximum absolute atomic E-state index is 12.1. The van der Waals surface area contributed by atoms with E-state index in [1.165, 1.54) is 0 Å². The molecular formula is C17H26ClN3O2. The lowest BCUT2D eigenvalue weighted by Crippen LogP contribution is -2.56. The summed E-state index contributed by atoms with van der Waals surface area (Å²) < 4.78 is 0. The molecule has 0 bridgehead atoms. The van der Waals surface area contributed by atoms with Gasteiger partial charge in [-0.05, 0) is 43.9 Å². The van der Waals surface area contributed by atoms with Gasteiger partial charge in [0.05, 0.1) is 18.1 Å². The summed E-state index contributed by atoms with van der Waals surface area (Å²) >= 11 is 5.85. The van der Waals surface area contributed by atoms with Crippen LogP contribution in [0.1, 0.15) is 45.7 Å². The van der Waals surface area contributed by atoms with E-state index in [1.807, 2.05) is 32.9 Å². The van der Waals surface area contributed by atoms with Crippen LogP contribution in [-0.2, 0) is 9.59 Å². The molecular weight excluding hydrogens is 314 g/mol. The Morgan fingerprint density at radius 2 is 1.78 bits per heavy atom. The minimum Gasteiger partial charge on any atom is -0.368 e. The molecule has 2 atom stereocenters. The molecule has 0 radical (unpaired) electrons. The van der Waals surface area contributed by atoms with Gasteiger partial charge in [0, 0.05) is 5.02 Å². The average molecular weight is 340 g/mol. The number of benzene rings is 1. The molecule has 128 valence electrons. The molecule has 0 heterocycles. The zero-order valence-corrected chi connectivity index (χ0v) is 14.9. The van der Waals surface area contributed by atoms with Crippen LogP contribution in [0.3, 0.4) is 0 Å². The fourth-order valence-corrected chi connectivity index (χ4v) is 2.61. The molecule has 1 rings (SSSR count). The molecule has 0 unspecified atom stereocenters. The Labute approximate surface area is 143 Å². The van der Waals surface area contributed by atoms with Crippen LogP contribution in [0.5, 0.6) is 0 Å². The maximum Gasteiger partial charge on any atom is 0.237 e. The van der Waals surface area contributed by atoms with E-state index in [0.717, 1.165) is 5.56 Å². The number of amides is 2. The van der Waals surface area contributed by atoms with Gasteiger partial charge in [-0.1, -0.05) is 37.6 Å². The third-order valence-corrected chi connectivity index (χ3v) is 4.00. The highest BCUT2D eigenvalue weighted by molar-refractivity contribution is 6.30. The first kappa shape index (κ1) is 19.5. The van der Waals surface area contributed by atoms with E-state index in [2.05, 4.69) is 10.6 Å². The lowest BCUT2D eigenvalue weighted by molar-refractivity contribution is -0.125. The average Bonchev–Trinajstić information content (AvgIpc) is 2.45. The summed E-state index contributed by atoms with van der Waals surface area (Å²) in [5.74, 6) is -0.357. The number of halogens is 1. The Bertz CT molecular complexity index is 545. The van der Waals surface area contributed by atoms with Crippen molar-refractivity contribution in [1.82, 2.24) is 10.6 Å². The molecule has 2 amide bonds. The lowest BCUT2D eigenvalue weighted by Gasteiger charge is -2.29. The summed E-state index contributed by atoms with van der Waals surface area (Å²) in [4.78, 5) is 23.8. The smallest absolute Gasteiger partial charge is 0.237 e. The molecule has 6 heteroatoms. The summed E-state index contributed by atoms with van der Waals surface area (Å²) in [5.41, 5.74) is 5.53. The number of hydrogen-bond donors (Lipinski definition) is 3. The number of carbonyl (C=O) groups excluding carboxylic acids is 2. The van der Waals surface area contributed by atoms with Crippen LogP contribution in [0.4, 0.5) is 0 Å². The highest BCUT2D eigenvalue weighted by Crippen LogP contribution is 2.17. The van der Waals surface area contributed by atoms with E-state index in [1.54, 1.807) is 19.1 Å². The van der Waals surface area contributed by atoms with Crippen molar-refractivity contribution in [1.29, 1.82) is 0 Å². The van der Waals surface area contributed by atoms with E-state index in [9.17, 15) is 9.59 Å². The van der Waals surface area contributed by atoms with Gasteiger partial charge in [-0.15, -0.1) is 0 Å². The van der Waals surface area contributed by atoms with Gasteiger partial charge in [-0.2, -0.15) is 0 Å². The Kier molecular flexibility index (Phi) is 7.03. The number of rotatable bonds is 8. The van der Waals surface area contributed by atoms with Crippen molar-refractivity contribution in [3.63, 3.8) is 0 Å². The Morgan fingerprint density at radius 3 is 2.26 bits per heavy atom. The molecule has 0 spiro atoms. The first-order valence-corrected chi connectivity index (χ1v) is 8.11. The highest BCUT2D eigenvalue weighted by atomic mass is 35.5. The zero-order valence-electron chi connectivity index (χ0n) is 14.2. The van der Waals surface area contributed by atoms with Crippen molar-refractivity contribution in [3.05, 3.63) is 34.9 Å². The largest absolute Gasteiger partial charge is 0.368 e. The first-order valence-electron chi connectivity index (χ1n) is 7.74. The minimum absolute atomic E-state index is 0.0318. The second kappa shape index (κ2) is 8.31. The maximum atomic E-state index is 12.1. The van der Waals surface area contributed by atoms with Crippen molar-refractivity contribution < 1.29 is 9.59 Å². The molecule has 1 aromatic carbocycles. The molecule has 0 saturated heterocycles. The van der Waals surface area contributed by atoms with E-state index in [4.69, 9.17) is 17.3 Å². The topological polar surface area (TPSA) is 84.2 Å². The van der Waals surface area contributed by atoms with Gasteiger partial charge < -0.3 is 11.1 Å². The fourth-order valence-electron chi connectivity index (χ4n) is 2.48. The first-order chi connectivity index (χ1) is 10.6. The Hall–Kier alpha value is -1.59. The van der Waals surface area contributed by atoms with Crippen molar-refractivity contribution in [2.24, 2.45) is 11.7 Å². The minimum atomic E-state index is -0.894. The van der Waals surface area contributed by atoms with E-state index in [-0.39, 0.29) is 24.4 Å². The van der Waals surface area contributed by atoms with Crippen LogP contribution in [0.2, 0.25) is 5.02 Å². The summed E-state index contributed by atoms with van der Waals surface area (Å²) in [6, 6.07) is 7.15. The van der Waals surface area contributed by atoms with Gasteiger partial charge in [0.15, 0.2) is 0 Å². The molecule has 0 fully saturated rings. The molecule has 1 aromatic rings. The van der Waals surface area contributed by atoms with Crippen LogP contribution in [0, 0.1) is 5.92 Å². The number of hydrogen-bond acceptors (Lipinski definition) is 3. The second-order valence-electron chi connectivity index (χ2n) is 6.49. The lowest BCUT2D eigenvalue weighted by atomic mass is 9.90. The van der Waals surface area contributed by atoms with Crippen LogP contribution in [0.15, 0.2) is 24.3 Å². The van der Waals surface area contributed by atoms with E-state index >= 15 is 0 Å². The van der Waals surface area contributed by atoms with Gasteiger partial charge in [0.2, 0.25) is 11.8 Å². The molecule has 0 aliphatic heterocycles. The van der Waals surface area contributed by atoms with Gasteiger partial charge in [-0.25, -0.2) is 0 Å². The molecule has 5 nitrogen and oxygen atoms in total. The van der Waals surface area contributed by atoms with Crippen molar-refractivity contribution in [2.75, 3.05) is 6.54 Å². The molecule has 23 heavy (non-hydrogen) atoms. The van der Waals surface area contributed by atoms with Gasteiger partial charge in [0.25, 0.3) is 0 Å². The van der Waals surface area contributed by atoms with Crippen molar-refractivity contribution in [2.45, 2.75) is 45.7 Å². The SMILES string of the molecule is CC(C)C[C@@](C)(NCC(=O)N[C@H](C)c1ccc(Cl)cc1)C(N)=O. The normalized spacial score (nSPS) is 15.0. The number of nitrogens with one attached hydrogen (secondary N) is 2. The van der Waals surface area contributed by atoms with Gasteiger partial charge >= 0.3 is 0 Å². The molecule has 0 aliphatic carbocycles. The predicted molar refractivity (Wildman–Crippen MR) is 93.1 cm³/mol. The summed E-state index contributed by atoms with van der Waals surface area (Å²) in [5, 5.41) is 6.52. The van der Waals surface area contributed by atoms with Crippen molar-refractivity contribution >= 4 is 23.4 Å². The van der Waals surface area contributed by atoms with E-state index < -0.39 is 11.4 Å². The summed E-state index contributed by atoms with van der Waals surface area (Å²) in [6.45, 7) is 7.66. The van der Waals surface area contributed by atoms with Crippen LogP contribution in [-0.4, -0.2) is 23.9 Å². The number of primary amides is 1. The molecule has 0 saturated carbocycles. The molecule has 4 N–H and O–H groups in total. The van der Waals surface area contributed by atoms with E-state index in [0.29, 0.717) is 11.4 Å². The summed E-state index contributed by atoms with van der Waals surface area (Å²) in [6.07, 6.45) is 0.572.